The van der Waals surface area contributed by atoms with Gasteiger partial charge in [0, 0.05) is 0 Å². The van der Waals surface area contributed by atoms with E-state index in [9.17, 15) is 0 Å². The van der Waals surface area contributed by atoms with Crippen LogP contribution in [0.4, 0.5) is 0 Å². The molecule has 7 rings (SSSR count). The van der Waals surface area contributed by atoms with Gasteiger partial charge in [0.1, 0.15) is 0 Å². The summed E-state index contributed by atoms with van der Waals surface area (Å²) in [7, 11) is 0. The van der Waals surface area contributed by atoms with Crippen molar-refractivity contribution in [2.45, 2.75) is 85.1 Å². The maximum atomic E-state index is 6.50. The predicted molar refractivity (Wildman–Crippen MR) is 231 cm³/mol. The summed E-state index contributed by atoms with van der Waals surface area (Å²) < 4.78 is 11.0. The molecule has 0 spiro atoms. The van der Waals surface area contributed by atoms with Crippen molar-refractivity contribution in [3.63, 3.8) is 0 Å². The second-order valence-electron chi connectivity index (χ2n) is 20.0. The van der Waals surface area contributed by atoms with Crippen molar-refractivity contribution in [1.82, 2.24) is 0 Å². The van der Waals surface area contributed by atoms with Gasteiger partial charge in [-0.15, -0.1) is 0 Å². The number of hydrogen-bond donors (Lipinski definition) is 0. The Bertz CT molecular complexity index is 2230. The van der Waals surface area contributed by atoms with Crippen LogP contribution in [0.3, 0.4) is 0 Å². The van der Waals surface area contributed by atoms with Crippen molar-refractivity contribution in [2.24, 2.45) is 0 Å². The van der Waals surface area contributed by atoms with Crippen molar-refractivity contribution in [2.75, 3.05) is 0 Å². The second kappa shape index (κ2) is 12.3. The summed E-state index contributed by atoms with van der Waals surface area (Å²) in [6.07, 6.45) is 14.0. The number of benzene rings is 5. The topological polar surface area (TPSA) is 0 Å². The third-order valence-corrected chi connectivity index (χ3v) is 65.9. The zero-order valence-corrected chi connectivity index (χ0v) is 36.7. The summed E-state index contributed by atoms with van der Waals surface area (Å²) in [6.45, 7) is 18.5. The van der Waals surface area contributed by atoms with Crippen LogP contribution in [0.15, 0.2) is 164 Å². The van der Waals surface area contributed by atoms with Gasteiger partial charge in [-0.05, 0) is 0 Å². The van der Waals surface area contributed by atoms with E-state index in [1.807, 2.05) is 0 Å². The Labute approximate surface area is 314 Å². The zero-order valence-electron chi connectivity index (χ0n) is 33.1. The summed E-state index contributed by atoms with van der Waals surface area (Å²) in [6, 6.07) is 49.8. The van der Waals surface area contributed by atoms with Crippen LogP contribution < -0.4 is 3.32 Å². The number of allylic oxidation sites excluding steroid dienone is 5. The molecule has 0 unspecified atom stereocenters. The molecule has 5 aromatic rings. The standard InChI is InChI=1S/C21H25.2C7H7.C6H5.C5H5.C5H9.CH2.Hf/c1-20(2,3)16-7-9-18-14(12-16)11-15-13-17(21(4,5)6)8-10-19(15)18;2*1-7-5-3-2-4-6-7;1-2-4-6-5-3-1;1-2-4-5-3-1;1-3-5-4-2;;/h7-13H,1-6H3;2*2-6H,1H2;1-5H;1-5H;3H,1-2,4-5H2;1H2;. The van der Waals surface area contributed by atoms with Gasteiger partial charge in [0.25, 0.3) is 0 Å². The van der Waals surface area contributed by atoms with Crippen LogP contribution >= 0.6 is 0 Å². The molecule has 0 fully saturated rings. The van der Waals surface area contributed by atoms with E-state index in [0.29, 0.717) is 0 Å². The summed E-state index contributed by atoms with van der Waals surface area (Å²) in [5.74, 6) is 0. The molecule has 1 heteroatoms. The average molecular weight is 864 g/mol. The van der Waals surface area contributed by atoms with Gasteiger partial charge in [0.15, 0.2) is 0 Å². The fraction of sp³-hybridized carbons (Fsp3) is 0.288. The third kappa shape index (κ3) is 5.35. The summed E-state index contributed by atoms with van der Waals surface area (Å²) in [5.41, 5.74) is 11.2. The number of unbranched alkanes of at least 4 members (excludes halogenated alkanes) is 1. The molecule has 0 bridgehead atoms. The normalized spacial score (nSPS) is 16.7. The summed E-state index contributed by atoms with van der Waals surface area (Å²) in [4.78, 5) is 0. The van der Waals surface area contributed by atoms with Crippen LogP contribution in [0.25, 0.3) is 11.1 Å². The van der Waals surface area contributed by atoms with Gasteiger partial charge >= 0.3 is 317 Å². The van der Waals surface area contributed by atoms with Crippen molar-refractivity contribution < 1.29 is 15.1 Å². The number of rotatable bonds is 11. The van der Waals surface area contributed by atoms with E-state index >= 15 is 0 Å². The van der Waals surface area contributed by atoms with Gasteiger partial charge in [-0.25, -0.2) is 0 Å². The number of hydrogen-bond acceptors (Lipinski definition) is 0. The van der Waals surface area contributed by atoms with Crippen LogP contribution in [-0.4, -0.2) is 4.26 Å². The van der Waals surface area contributed by atoms with Gasteiger partial charge in [0.2, 0.25) is 0 Å². The molecular formula is C52H60Hf. The molecule has 2 aliphatic carbocycles. The first-order valence-electron chi connectivity index (χ1n) is 20.0. The van der Waals surface area contributed by atoms with E-state index in [2.05, 4.69) is 206 Å². The maximum absolute atomic E-state index is 6.61. The molecule has 0 aromatic heterocycles. The molecule has 0 saturated carbocycles. The first-order chi connectivity index (χ1) is 25.1. The molecule has 0 saturated heterocycles. The Balaban J connectivity index is 1.84. The Kier molecular flexibility index (Phi) is 8.67. The molecular weight excluding hydrogens is 803 g/mol. The molecule has 0 nitrogen and oxygen atoms in total. The number of fused-ring (bicyclic) bond motifs is 3. The van der Waals surface area contributed by atoms with Crippen molar-refractivity contribution in [3.8, 4) is 11.1 Å². The Morgan fingerprint density at radius 3 is 1.43 bits per heavy atom. The molecule has 0 aliphatic heterocycles. The van der Waals surface area contributed by atoms with Crippen molar-refractivity contribution >= 4 is 7.58 Å². The summed E-state index contributed by atoms with van der Waals surface area (Å²) in [5, 5.41) is 0. The van der Waals surface area contributed by atoms with Crippen LogP contribution in [0, 0.1) is 0 Å². The first kappa shape index (κ1) is 37.4. The van der Waals surface area contributed by atoms with Crippen molar-refractivity contribution in [1.29, 1.82) is 0 Å². The average Bonchev–Trinajstić information content (AvgIpc) is 3.81. The monoisotopic (exact) mass is 864 g/mol. The molecule has 53 heavy (non-hydrogen) atoms. The molecule has 0 atom stereocenters. The van der Waals surface area contributed by atoms with Crippen LogP contribution in [0.1, 0.15) is 91.4 Å². The fourth-order valence-electron chi connectivity index (χ4n) is 12.2. The molecule has 0 radical (unpaired) electrons. The van der Waals surface area contributed by atoms with Gasteiger partial charge in [-0.1, -0.05) is 0 Å². The minimum absolute atomic E-state index is 0.0158. The predicted octanol–water partition coefficient (Wildman–Crippen LogP) is 13.6. The second-order valence-corrected chi connectivity index (χ2v) is 61.7. The molecule has 0 N–H and O–H groups in total. The van der Waals surface area contributed by atoms with Gasteiger partial charge in [0.05, 0.1) is 0 Å². The van der Waals surface area contributed by atoms with E-state index in [4.69, 9.17) is 4.26 Å². The molecule has 272 valence electrons. The van der Waals surface area contributed by atoms with E-state index < -0.39 is 15.1 Å². The Hall–Kier alpha value is -3.94. The van der Waals surface area contributed by atoms with E-state index in [1.165, 1.54) is 47.8 Å². The van der Waals surface area contributed by atoms with Gasteiger partial charge < -0.3 is 0 Å². The Morgan fingerprint density at radius 2 is 1.02 bits per heavy atom. The van der Waals surface area contributed by atoms with Crippen LogP contribution in [0.2, 0.25) is 7.85 Å². The Morgan fingerprint density at radius 1 is 0.585 bits per heavy atom. The quantitative estimate of drug-likeness (QED) is 0.0705. The van der Waals surface area contributed by atoms with Gasteiger partial charge in [-0.3, -0.25) is 0 Å². The van der Waals surface area contributed by atoms with Crippen LogP contribution in [0.5, 0.6) is 0 Å². The SMILES string of the molecule is C=CCC[CH2][Hf](=[CH2])([CH2]c1ccccc1)([CH2]c1ccccc1)([c]1ccccc1)([CH]1C=CC=C1)[CH]1c2cc(C(C)(C)C)ccc2-c2ccc(C(C)(C)C)cc21. The van der Waals surface area contributed by atoms with Crippen LogP contribution in [-0.2, 0) is 34.3 Å². The zero-order chi connectivity index (χ0) is 37.6. The molecule has 0 amide bonds. The van der Waals surface area contributed by atoms with E-state index in [0.717, 1.165) is 25.4 Å². The third-order valence-electron chi connectivity index (χ3n) is 14.8. The first-order valence-corrected chi connectivity index (χ1v) is 36.1. The van der Waals surface area contributed by atoms with Crippen molar-refractivity contribution in [3.05, 3.63) is 198 Å². The summed E-state index contributed by atoms with van der Waals surface area (Å²) >= 11 is -6.61. The van der Waals surface area contributed by atoms with E-state index in [1.54, 1.807) is 0 Å². The van der Waals surface area contributed by atoms with E-state index in [-0.39, 0.29) is 18.2 Å². The van der Waals surface area contributed by atoms with Gasteiger partial charge in [-0.2, -0.15) is 0 Å². The molecule has 0 heterocycles. The molecule has 2 aliphatic rings. The fourth-order valence-corrected chi connectivity index (χ4v) is 66.2. The molecule has 5 aromatic carbocycles. The minimum atomic E-state index is -6.61.